The lowest BCUT2D eigenvalue weighted by Crippen LogP contribution is -2.39. The minimum atomic E-state index is -1.08. The summed E-state index contributed by atoms with van der Waals surface area (Å²) >= 11 is 0. The molecule has 7 nitrogen and oxygen atoms in total. The van der Waals surface area contributed by atoms with Gasteiger partial charge in [-0.3, -0.25) is 10.0 Å². The van der Waals surface area contributed by atoms with Crippen molar-refractivity contribution in [3.63, 3.8) is 0 Å². The maximum absolute atomic E-state index is 12.2. The molecule has 1 saturated carbocycles. The Labute approximate surface area is 129 Å². The minimum absolute atomic E-state index is 0.0922. The minimum Gasteiger partial charge on any atom is -0.444 e. The van der Waals surface area contributed by atoms with Gasteiger partial charge in [0.1, 0.15) is 11.2 Å². The van der Waals surface area contributed by atoms with E-state index < -0.39 is 11.2 Å². The Hall–Kier alpha value is -1.79. The molecule has 2 heterocycles. The molecule has 1 saturated heterocycles. The highest BCUT2D eigenvalue weighted by Crippen LogP contribution is 2.53. The molecular formula is C15H22N2O5. The first kappa shape index (κ1) is 15.1. The molecule has 2 fully saturated rings. The number of rotatable bonds is 1. The molecule has 0 aromatic carbocycles. The largest absolute Gasteiger partial charge is 0.444 e. The second-order valence-electron chi connectivity index (χ2n) is 7.81. The predicted molar refractivity (Wildman–Crippen MR) is 77.1 cm³/mol. The monoisotopic (exact) mass is 310 g/mol. The summed E-state index contributed by atoms with van der Waals surface area (Å²) in [7, 11) is 0. The van der Waals surface area contributed by atoms with Gasteiger partial charge in [-0.1, -0.05) is 0 Å². The van der Waals surface area contributed by atoms with E-state index in [0.717, 1.165) is 0 Å². The molecule has 1 unspecified atom stereocenters. The van der Waals surface area contributed by atoms with Gasteiger partial charge in [-0.2, -0.15) is 0 Å². The van der Waals surface area contributed by atoms with Gasteiger partial charge in [0.15, 0.2) is 0 Å². The number of likely N-dealkylation sites (tertiary alicyclic amines) is 1. The highest BCUT2D eigenvalue weighted by Gasteiger charge is 2.66. The van der Waals surface area contributed by atoms with Crippen molar-refractivity contribution in [1.82, 2.24) is 4.90 Å². The third kappa shape index (κ3) is 2.32. The lowest BCUT2D eigenvalue weighted by molar-refractivity contribution is -0.750. The summed E-state index contributed by atoms with van der Waals surface area (Å²) in [5.41, 5.74) is -1.40. The normalized spacial score (nSPS) is 32.9. The molecule has 0 radical (unpaired) electrons. The summed E-state index contributed by atoms with van der Waals surface area (Å²) in [5, 5.41) is 11.8. The third-order valence-electron chi connectivity index (χ3n) is 4.45. The van der Waals surface area contributed by atoms with Gasteiger partial charge in [0, 0.05) is 18.0 Å². The topological polar surface area (TPSA) is 81.9 Å². The van der Waals surface area contributed by atoms with Crippen molar-refractivity contribution in [3.8, 4) is 0 Å². The number of piperidine rings is 1. The highest BCUT2D eigenvalue weighted by atomic mass is 16.9. The van der Waals surface area contributed by atoms with Crippen LogP contribution in [-0.2, 0) is 14.4 Å². The Morgan fingerprint density at radius 2 is 1.91 bits per heavy atom. The van der Waals surface area contributed by atoms with E-state index in [-0.39, 0.29) is 35.3 Å². The lowest BCUT2D eigenvalue weighted by atomic mass is 9.96. The molecule has 1 aliphatic carbocycles. The van der Waals surface area contributed by atoms with Crippen LogP contribution in [0.1, 0.15) is 34.6 Å². The summed E-state index contributed by atoms with van der Waals surface area (Å²) in [5.74, 6) is -0.0305. The summed E-state index contributed by atoms with van der Waals surface area (Å²) < 4.78 is 5.34. The molecule has 0 spiro atoms. The number of carbonyl (C=O) groups is 2. The van der Waals surface area contributed by atoms with Gasteiger partial charge < -0.3 is 14.5 Å². The fourth-order valence-electron chi connectivity index (χ4n) is 3.37. The van der Waals surface area contributed by atoms with Gasteiger partial charge in [-0.05, 0) is 46.5 Å². The number of amides is 1. The van der Waals surface area contributed by atoms with Crippen molar-refractivity contribution < 1.29 is 24.1 Å². The van der Waals surface area contributed by atoms with Crippen LogP contribution in [-0.4, -0.2) is 51.7 Å². The Bertz CT molecular complexity index is 563. The van der Waals surface area contributed by atoms with Crippen molar-refractivity contribution in [3.05, 3.63) is 5.21 Å². The second kappa shape index (κ2) is 4.36. The first-order chi connectivity index (χ1) is 10.0. The predicted octanol–water partition coefficient (Wildman–Crippen LogP) is 1.34. The van der Waals surface area contributed by atoms with E-state index in [9.17, 15) is 14.8 Å². The van der Waals surface area contributed by atoms with Crippen LogP contribution in [0.5, 0.6) is 0 Å². The van der Waals surface area contributed by atoms with Gasteiger partial charge >= 0.3 is 6.09 Å². The Balaban J connectivity index is 1.63. The Morgan fingerprint density at radius 3 is 2.32 bits per heavy atom. The maximum atomic E-state index is 12.2. The average molecular weight is 310 g/mol. The van der Waals surface area contributed by atoms with Crippen LogP contribution in [0.3, 0.4) is 0 Å². The molecule has 0 aromatic rings. The molecule has 3 rings (SSSR count). The second-order valence-corrected chi connectivity index (χ2v) is 7.81. The SMILES string of the molecule is CC(C)(C)OC(=O)N1C[C@@H]2C(C3=[N+]([O-])OC(C)(C)C3=O)[C@@H]2C1. The molecule has 3 aliphatic rings. The van der Waals surface area contributed by atoms with Crippen LogP contribution in [0.15, 0.2) is 0 Å². The molecule has 122 valence electrons. The molecule has 0 aromatic heterocycles. The van der Waals surface area contributed by atoms with E-state index in [1.165, 1.54) is 0 Å². The molecule has 22 heavy (non-hydrogen) atoms. The molecule has 7 heteroatoms. The zero-order valence-corrected chi connectivity index (χ0v) is 13.6. The number of hydrogen-bond acceptors (Lipinski definition) is 5. The Morgan fingerprint density at radius 1 is 1.36 bits per heavy atom. The number of Topliss-reactive ketones (excluding diaryl/α,β-unsaturated/α-hetero) is 1. The van der Waals surface area contributed by atoms with Crippen molar-refractivity contribution in [2.45, 2.75) is 45.8 Å². The maximum Gasteiger partial charge on any atom is 0.410 e. The van der Waals surface area contributed by atoms with Crippen LogP contribution >= 0.6 is 0 Å². The molecule has 1 amide bonds. The molecule has 0 bridgehead atoms. The summed E-state index contributed by atoms with van der Waals surface area (Å²) in [4.78, 5) is 31.4. The number of ketones is 1. The quantitative estimate of drug-likeness (QED) is 0.683. The number of ether oxygens (including phenoxy) is 1. The van der Waals surface area contributed by atoms with E-state index in [4.69, 9.17) is 9.57 Å². The fraction of sp³-hybridized carbons (Fsp3) is 0.800. The smallest absolute Gasteiger partial charge is 0.410 e. The number of fused-ring (bicyclic) bond motifs is 1. The first-order valence-electron chi connectivity index (χ1n) is 7.57. The van der Waals surface area contributed by atoms with Crippen LogP contribution in [0.25, 0.3) is 0 Å². The van der Waals surface area contributed by atoms with Crippen molar-refractivity contribution in [2.24, 2.45) is 17.8 Å². The van der Waals surface area contributed by atoms with E-state index in [0.29, 0.717) is 18.0 Å². The van der Waals surface area contributed by atoms with Crippen molar-refractivity contribution in [2.75, 3.05) is 13.1 Å². The molecule has 0 N–H and O–H groups in total. The van der Waals surface area contributed by atoms with Gasteiger partial charge in [0.2, 0.25) is 5.78 Å². The van der Waals surface area contributed by atoms with Gasteiger partial charge in [-0.25, -0.2) is 4.79 Å². The third-order valence-corrected chi connectivity index (χ3v) is 4.45. The standard InChI is InChI=1S/C15H22N2O5/c1-14(2,3)21-13(19)16-6-8-9(7-16)10(8)11-12(18)15(4,5)22-17(11)20/h8-10H,6-7H2,1-5H3/t8-,9+,10?. The van der Waals surface area contributed by atoms with E-state index in [1.807, 2.05) is 20.8 Å². The fourth-order valence-corrected chi connectivity index (χ4v) is 3.37. The van der Waals surface area contributed by atoms with Crippen LogP contribution in [0.2, 0.25) is 0 Å². The summed E-state index contributed by atoms with van der Waals surface area (Å²) in [6.07, 6.45) is -0.336. The first-order valence-corrected chi connectivity index (χ1v) is 7.57. The van der Waals surface area contributed by atoms with E-state index in [2.05, 4.69) is 0 Å². The van der Waals surface area contributed by atoms with Gasteiger partial charge in [0.05, 0.1) is 5.92 Å². The number of carbonyl (C=O) groups excluding carboxylic acids is 2. The average Bonchev–Trinajstić information content (AvgIpc) is 2.74. The molecule has 3 atom stereocenters. The van der Waals surface area contributed by atoms with Gasteiger partial charge in [0.25, 0.3) is 5.71 Å². The highest BCUT2D eigenvalue weighted by molar-refractivity contribution is 6.42. The lowest BCUT2D eigenvalue weighted by Gasteiger charge is -2.25. The van der Waals surface area contributed by atoms with Crippen LogP contribution in [0.4, 0.5) is 4.79 Å². The number of hydrogen-bond donors (Lipinski definition) is 0. The number of nitrogens with zero attached hydrogens (tertiary/aromatic N) is 2. The van der Waals surface area contributed by atoms with Crippen molar-refractivity contribution in [1.29, 1.82) is 0 Å². The molecule has 2 aliphatic heterocycles. The van der Waals surface area contributed by atoms with Crippen LogP contribution in [0, 0.1) is 23.0 Å². The summed E-state index contributed by atoms with van der Waals surface area (Å²) in [6.45, 7) is 9.71. The summed E-state index contributed by atoms with van der Waals surface area (Å²) in [6, 6.07) is 0. The van der Waals surface area contributed by atoms with Crippen molar-refractivity contribution >= 4 is 17.6 Å². The molecular weight excluding hydrogens is 288 g/mol. The zero-order valence-electron chi connectivity index (χ0n) is 13.6. The van der Waals surface area contributed by atoms with Crippen LogP contribution < -0.4 is 0 Å². The van der Waals surface area contributed by atoms with Gasteiger partial charge in [-0.15, -0.1) is 0 Å². The Kier molecular flexibility index (Phi) is 3.00. The van der Waals surface area contributed by atoms with E-state index >= 15 is 0 Å². The zero-order chi connectivity index (χ0) is 16.4. The van der Waals surface area contributed by atoms with E-state index in [1.54, 1.807) is 18.7 Å².